The van der Waals surface area contributed by atoms with Crippen LogP contribution in [0.3, 0.4) is 0 Å². The van der Waals surface area contributed by atoms with Crippen LogP contribution in [0, 0.1) is 5.41 Å². The molecule has 5 aromatic rings. The molecule has 0 aliphatic heterocycles. The lowest BCUT2D eigenvalue weighted by atomic mass is 9.93. The van der Waals surface area contributed by atoms with Crippen LogP contribution in [-0.4, -0.2) is 6.21 Å². The molecule has 35 heavy (non-hydrogen) atoms. The molecule has 0 aliphatic rings. The Bertz CT molecular complexity index is 1610. The first-order valence-electron chi connectivity index (χ1n) is 11.8. The molecule has 4 aromatic carbocycles. The first-order valence-corrected chi connectivity index (χ1v) is 12.6. The van der Waals surface area contributed by atoms with Crippen LogP contribution >= 0.6 is 11.3 Å². The van der Waals surface area contributed by atoms with Crippen molar-refractivity contribution >= 4 is 43.3 Å². The number of thiophene rings is 1. The summed E-state index contributed by atoms with van der Waals surface area (Å²) in [6, 6.07) is 30.3. The summed E-state index contributed by atoms with van der Waals surface area (Å²) in [7, 11) is 0. The molecule has 1 nitrogen and oxygen atoms in total. The monoisotopic (exact) mass is 469 g/mol. The minimum absolute atomic E-state index is 0.974. The quantitative estimate of drug-likeness (QED) is 0.189. The maximum atomic E-state index is 7.84. The number of fused-ring (bicyclic) bond motifs is 3. The van der Waals surface area contributed by atoms with Crippen LogP contribution in [-0.2, 0) is 0 Å². The van der Waals surface area contributed by atoms with Crippen LogP contribution in [0.5, 0.6) is 0 Å². The molecule has 0 radical (unpaired) electrons. The lowest BCUT2D eigenvalue weighted by Crippen LogP contribution is -1.87. The summed E-state index contributed by atoms with van der Waals surface area (Å²) in [6.07, 6.45) is 11.8. The van der Waals surface area contributed by atoms with Gasteiger partial charge in [0.1, 0.15) is 0 Å². The smallest absolute Gasteiger partial charge is 0.0361 e. The number of benzene rings is 4. The minimum Gasteiger partial charge on any atom is -0.308 e. The number of rotatable bonds is 6. The summed E-state index contributed by atoms with van der Waals surface area (Å²) >= 11 is 1.79. The van der Waals surface area contributed by atoms with Gasteiger partial charge in [0.2, 0.25) is 0 Å². The Morgan fingerprint density at radius 3 is 2.31 bits per heavy atom. The fourth-order valence-electron chi connectivity index (χ4n) is 4.54. The van der Waals surface area contributed by atoms with Gasteiger partial charge >= 0.3 is 0 Å². The van der Waals surface area contributed by atoms with Gasteiger partial charge in [-0.3, -0.25) is 0 Å². The van der Waals surface area contributed by atoms with E-state index in [-0.39, 0.29) is 0 Å². The Kier molecular flexibility index (Phi) is 6.56. The van der Waals surface area contributed by atoms with E-state index in [0.717, 1.165) is 5.56 Å². The zero-order chi connectivity index (χ0) is 24.2. The summed E-state index contributed by atoms with van der Waals surface area (Å²) in [4.78, 5) is 0. The zero-order valence-electron chi connectivity index (χ0n) is 20.0. The van der Waals surface area contributed by atoms with Crippen LogP contribution < -0.4 is 0 Å². The van der Waals surface area contributed by atoms with Gasteiger partial charge in [0.05, 0.1) is 0 Å². The van der Waals surface area contributed by atoms with Crippen LogP contribution in [0.1, 0.15) is 25.0 Å². The maximum absolute atomic E-state index is 7.84. The molecule has 0 fully saturated rings. The van der Waals surface area contributed by atoms with Gasteiger partial charge in [-0.15, -0.1) is 11.3 Å². The number of nitrogens with one attached hydrogen (secondary N) is 1. The topological polar surface area (TPSA) is 23.9 Å². The van der Waals surface area contributed by atoms with E-state index in [2.05, 4.69) is 97.9 Å². The molecule has 0 amide bonds. The van der Waals surface area contributed by atoms with E-state index in [9.17, 15) is 0 Å². The van der Waals surface area contributed by atoms with E-state index in [0.29, 0.717) is 0 Å². The maximum Gasteiger partial charge on any atom is 0.0361 e. The molecule has 1 N–H and O–H groups in total. The fourth-order valence-corrected chi connectivity index (χ4v) is 5.66. The molecule has 0 saturated heterocycles. The van der Waals surface area contributed by atoms with Crippen molar-refractivity contribution in [1.82, 2.24) is 0 Å². The second-order valence-corrected chi connectivity index (χ2v) is 9.64. The molecule has 0 bridgehead atoms. The highest BCUT2D eigenvalue weighted by Gasteiger charge is 2.11. The molecule has 0 unspecified atom stereocenters. The van der Waals surface area contributed by atoms with Crippen LogP contribution in [0.2, 0.25) is 0 Å². The zero-order valence-corrected chi connectivity index (χ0v) is 20.8. The molecule has 0 aliphatic carbocycles. The van der Waals surface area contributed by atoms with Gasteiger partial charge in [-0.05, 0) is 65.4 Å². The molecule has 170 valence electrons. The van der Waals surface area contributed by atoms with Crippen molar-refractivity contribution in [2.24, 2.45) is 0 Å². The van der Waals surface area contributed by atoms with Crippen molar-refractivity contribution < 1.29 is 0 Å². The molecule has 0 atom stereocenters. The van der Waals surface area contributed by atoms with Crippen molar-refractivity contribution in [3.63, 3.8) is 0 Å². The van der Waals surface area contributed by atoms with Crippen LogP contribution in [0.4, 0.5) is 0 Å². The molecule has 0 saturated carbocycles. The molecular formula is C33H27NS. The van der Waals surface area contributed by atoms with Crippen molar-refractivity contribution in [3.8, 4) is 22.3 Å². The predicted octanol–water partition coefficient (Wildman–Crippen LogP) is 9.92. The van der Waals surface area contributed by atoms with Gasteiger partial charge in [-0.1, -0.05) is 97.1 Å². The lowest BCUT2D eigenvalue weighted by Gasteiger charge is -2.11. The van der Waals surface area contributed by atoms with Gasteiger partial charge in [-0.2, -0.15) is 0 Å². The first kappa shape index (κ1) is 22.8. The Morgan fingerprint density at radius 1 is 0.743 bits per heavy atom. The SMILES string of the molecule is C\C=C/C=C\C=C(/C)c1ccccc1-c1ccc(-c2ccc3sc4cccc(C=N)c4c3c2)cc1. The van der Waals surface area contributed by atoms with Crippen molar-refractivity contribution in [2.45, 2.75) is 13.8 Å². The van der Waals surface area contributed by atoms with Gasteiger partial charge < -0.3 is 5.41 Å². The van der Waals surface area contributed by atoms with Crippen molar-refractivity contribution in [1.29, 1.82) is 5.41 Å². The normalized spacial score (nSPS) is 12.3. The lowest BCUT2D eigenvalue weighted by molar-refractivity contribution is 1.53. The summed E-state index contributed by atoms with van der Waals surface area (Å²) < 4.78 is 2.49. The van der Waals surface area contributed by atoms with E-state index < -0.39 is 0 Å². The molecule has 1 heterocycles. The predicted molar refractivity (Wildman–Crippen MR) is 156 cm³/mol. The number of hydrogen-bond donors (Lipinski definition) is 1. The van der Waals surface area contributed by atoms with Crippen LogP contribution in [0.25, 0.3) is 48.0 Å². The number of allylic oxidation sites excluding steroid dienone is 6. The Hall–Kier alpha value is -4.01. The summed E-state index contributed by atoms with van der Waals surface area (Å²) in [5.41, 5.74) is 8.30. The number of hydrogen-bond acceptors (Lipinski definition) is 2. The Labute approximate surface area is 210 Å². The van der Waals surface area contributed by atoms with Crippen molar-refractivity contribution in [2.75, 3.05) is 0 Å². The van der Waals surface area contributed by atoms with Crippen molar-refractivity contribution in [3.05, 3.63) is 126 Å². The standard InChI is InChI=1S/C33H27NS/c1-3-4-5-6-10-23(2)28-12-7-8-13-29(28)25-17-15-24(16-18-25)26-19-20-31-30(21-26)33-27(22-34)11-9-14-32(33)35-31/h3-22,34H,1-2H3/b4-3-,6-5-,23-10+,34-22?. The highest BCUT2D eigenvalue weighted by atomic mass is 32.1. The van der Waals surface area contributed by atoms with E-state index in [4.69, 9.17) is 5.41 Å². The third-order valence-electron chi connectivity index (χ3n) is 6.32. The van der Waals surface area contributed by atoms with Gasteiger partial charge in [0.15, 0.2) is 0 Å². The summed E-state index contributed by atoms with van der Waals surface area (Å²) in [6.45, 7) is 4.18. The average molecular weight is 470 g/mol. The largest absolute Gasteiger partial charge is 0.308 e. The van der Waals surface area contributed by atoms with E-state index in [1.54, 1.807) is 11.3 Å². The minimum atomic E-state index is 0.974. The first-order chi connectivity index (χ1) is 17.2. The Morgan fingerprint density at radius 2 is 1.51 bits per heavy atom. The van der Waals surface area contributed by atoms with E-state index >= 15 is 0 Å². The molecule has 1 aromatic heterocycles. The van der Waals surface area contributed by atoms with E-state index in [1.165, 1.54) is 59.8 Å². The summed E-state index contributed by atoms with van der Waals surface area (Å²) in [5.74, 6) is 0. The second-order valence-electron chi connectivity index (χ2n) is 8.56. The van der Waals surface area contributed by atoms with Gasteiger partial charge in [0.25, 0.3) is 0 Å². The highest BCUT2D eigenvalue weighted by molar-refractivity contribution is 7.25. The van der Waals surface area contributed by atoms with Gasteiger partial charge in [0, 0.05) is 32.0 Å². The fraction of sp³-hybridized carbons (Fsp3) is 0.0606. The van der Waals surface area contributed by atoms with Gasteiger partial charge in [-0.25, -0.2) is 0 Å². The molecule has 2 heteroatoms. The molecule has 0 spiro atoms. The third-order valence-corrected chi connectivity index (χ3v) is 7.46. The highest BCUT2D eigenvalue weighted by Crippen LogP contribution is 2.38. The molecule has 5 rings (SSSR count). The Balaban J connectivity index is 1.52. The average Bonchev–Trinajstić information content (AvgIpc) is 3.29. The van der Waals surface area contributed by atoms with Crippen LogP contribution in [0.15, 0.2) is 115 Å². The second kappa shape index (κ2) is 10.1. The summed E-state index contributed by atoms with van der Waals surface area (Å²) in [5, 5.41) is 10.2. The van der Waals surface area contributed by atoms with E-state index in [1.807, 2.05) is 31.2 Å². The molecular weight excluding hydrogens is 442 g/mol. The third kappa shape index (κ3) is 4.53.